The van der Waals surface area contributed by atoms with Gasteiger partial charge in [0.2, 0.25) is 0 Å². The molecule has 0 fully saturated rings. The first kappa shape index (κ1) is 21.3. The highest BCUT2D eigenvalue weighted by Crippen LogP contribution is 2.23. The molecule has 0 radical (unpaired) electrons. The number of carbonyl (C=O) groups excluding carboxylic acids is 2. The van der Waals surface area contributed by atoms with Crippen LogP contribution in [0.1, 0.15) is 27.0 Å². The molecule has 7 nitrogen and oxygen atoms in total. The number of aliphatic hydroxyl groups is 1. The number of aromatic nitrogens is 2. The molecular weight excluding hydrogens is 382 g/mol. The lowest BCUT2D eigenvalue weighted by Crippen LogP contribution is -2.44. The topological polar surface area (TPSA) is 93.5 Å². The van der Waals surface area contributed by atoms with Crippen molar-refractivity contribution in [2.75, 3.05) is 13.7 Å². The fraction of sp³-hybridized carbons (Fsp3) is 0.261. The van der Waals surface area contributed by atoms with Crippen molar-refractivity contribution in [1.29, 1.82) is 0 Å². The molecule has 1 aromatic heterocycles. The van der Waals surface area contributed by atoms with E-state index >= 15 is 0 Å². The molecule has 0 aliphatic carbocycles. The van der Waals surface area contributed by atoms with Gasteiger partial charge in [0.1, 0.15) is 5.69 Å². The van der Waals surface area contributed by atoms with Gasteiger partial charge in [0.05, 0.1) is 25.8 Å². The van der Waals surface area contributed by atoms with Crippen molar-refractivity contribution in [1.82, 2.24) is 15.1 Å². The van der Waals surface area contributed by atoms with Crippen molar-refractivity contribution in [2.45, 2.75) is 26.4 Å². The van der Waals surface area contributed by atoms with Gasteiger partial charge in [-0.15, -0.1) is 0 Å². The molecule has 3 rings (SSSR count). The van der Waals surface area contributed by atoms with Crippen molar-refractivity contribution in [2.24, 2.45) is 0 Å². The Hall–Kier alpha value is -3.45. The number of benzene rings is 2. The number of methoxy groups -OCH3 is 1. The number of rotatable bonds is 7. The predicted molar refractivity (Wildman–Crippen MR) is 113 cm³/mol. The maximum absolute atomic E-state index is 12.9. The molecule has 30 heavy (non-hydrogen) atoms. The normalized spacial score (nSPS) is 11.7. The molecular formula is C23H25N3O4. The fourth-order valence-corrected chi connectivity index (χ4v) is 3.03. The lowest BCUT2D eigenvalue weighted by molar-refractivity contribution is -0.143. The molecule has 1 heterocycles. The highest BCUT2D eigenvalue weighted by Gasteiger charge is 2.25. The van der Waals surface area contributed by atoms with E-state index in [2.05, 4.69) is 15.2 Å². The minimum Gasteiger partial charge on any atom is -0.467 e. The van der Waals surface area contributed by atoms with E-state index in [0.29, 0.717) is 17.8 Å². The Bertz CT molecular complexity index is 1020. The number of amides is 1. The van der Waals surface area contributed by atoms with Crippen molar-refractivity contribution in [3.63, 3.8) is 0 Å². The number of esters is 1. The number of hydrogen-bond acceptors (Lipinski definition) is 5. The molecule has 2 aromatic carbocycles. The molecule has 3 aromatic rings. The van der Waals surface area contributed by atoms with Crippen molar-refractivity contribution in [3.8, 4) is 11.3 Å². The molecule has 1 atom stereocenters. The van der Waals surface area contributed by atoms with E-state index in [9.17, 15) is 14.7 Å². The molecule has 0 spiro atoms. The van der Waals surface area contributed by atoms with Crippen LogP contribution in [0.3, 0.4) is 0 Å². The number of nitrogens with one attached hydrogen (secondary N) is 1. The number of aryl methyl sites for hydroxylation is 2. The predicted octanol–water partition coefficient (Wildman–Crippen LogP) is 2.48. The van der Waals surface area contributed by atoms with E-state index < -0.39 is 24.5 Å². The van der Waals surface area contributed by atoms with E-state index in [4.69, 9.17) is 0 Å². The molecule has 156 valence electrons. The van der Waals surface area contributed by atoms with E-state index in [1.807, 2.05) is 62.4 Å². The lowest BCUT2D eigenvalue weighted by Gasteiger charge is -2.13. The highest BCUT2D eigenvalue weighted by atomic mass is 16.5. The number of nitrogens with zero attached hydrogens (tertiary/aromatic N) is 2. The molecule has 0 saturated carbocycles. The first-order valence-corrected chi connectivity index (χ1v) is 9.61. The van der Waals surface area contributed by atoms with Gasteiger partial charge in [0.25, 0.3) is 5.91 Å². The van der Waals surface area contributed by atoms with Crippen molar-refractivity contribution in [3.05, 3.63) is 77.0 Å². The molecule has 0 saturated heterocycles. The van der Waals surface area contributed by atoms with Crippen molar-refractivity contribution >= 4 is 11.9 Å². The molecule has 7 heteroatoms. The smallest absolute Gasteiger partial charge is 0.330 e. The van der Waals surface area contributed by atoms with Crippen LogP contribution in [0, 0.1) is 13.8 Å². The van der Waals surface area contributed by atoms with Gasteiger partial charge in [-0.05, 0) is 19.4 Å². The standard InChI is InChI=1S/C23H25N3O4/c1-15-4-8-17(9-5-15)12-26-13-19(22(28)24-20(14-27)23(29)30-3)21(25-26)18-10-6-16(2)7-11-18/h4-11,13,20,27H,12,14H2,1-3H3,(H,24,28)/t20-/m0/s1. The SMILES string of the molecule is COC(=O)[C@H](CO)NC(=O)c1cn(Cc2ccc(C)cc2)nc1-c1ccc(C)cc1. The Labute approximate surface area is 175 Å². The van der Waals surface area contributed by atoms with Crippen LogP contribution < -0.4 is 5.32 Å². The third kappa shape index (κ3) is 4.93. The summed E-state index contributed by atoms with van der Waals surface area (Å²) in [6, 6.07) is 14.6. The summed E-state index contributed by atoms with van der Waals surface area (Å²) in [7, 11) is 1.20. The van der Waals surface area contributed by atoms with Gasteiger partial charge in [0, 0.05) is 11.8 Å². The second-order valence-electron chi connectivity index (χ2n) is 7.17. The zero-order valence-electron chi connectivity index (χ0n) is 17.3. The molecule has 0 bridgehead atoms. The Morgan fingerprint density at radius 1 is 1.07 bits per heavy atom. The van der Waals surface area contributed by atoms with Crippen LogP contribution in [0.5, 0.6) is 0 Å². The van der Waals surface area contributed by atoms with Gasteiger partial charge >= 0.3 is 5.97 Å². The summed E-state index contributed by atoms with van der Waals surface area (Å²) in [5, 5.41) is 16.6. The third-order valence-electron chi connectivity index (χ3n) is 4.77. The first-order valence-electron chi connectivity index (χ1n) is 9.61. The Morgan fingerprint density at radius 2 is 1.67 bits per heavy atom. The quantitative estimate of drug-likeness (QED) is 0.587. The van der Waals surface area contributed by atoms with Gasteiger partial charge in [0.15, 0.2) is 6.04 Å². The molecule has 0 aliphatic heterocycles. The number of carbonyl (C=O) groups is 2. The first-order chi connectivity index (χ1) is 14.4. The molecule has 2 N–H and O–H groups in total. The summed E-state index contributed by atoms with van der Waals surface area (Å²) in [6.07, 6.45) is 1.65. The third-order valence-corrected chi connectivity index (χ3v) is 4.77. The lowest BCUT2D eigenvalue weighted by atomic mass is 10.1. The number of hydrogen-bond donors (Lipinski definition) is 2. The van der Waals surface area contributed by atoms with Crippen LogP contribution in [0.2, 0.25) is 0 Å². The second-order valence-corrected chi connectivity index (χ2v) is 7.17. The highest BCUT2D eigenvalue weighted by molar-refractivity contribution is 6.01. The van der Waals surface area contributed by atoms with Crippen LogP contribution in [-0.4, -0.2) is 46.5 Å². The Kier molecular flexibility index (Phi) is 6.64. The Balaban J connectivity index is 1.95. The summed E-state index contributed by atoms with van der Waals surface area (Å²) < 4.78 is 6.32. The average Bonchev–Trinajstić information content (AvgIpc) is 3.17. The van der Waals surface area contributed by atoms with Crippen LogP contribution in [0.4, 0.5) is 0 Å². The monoisotopic (exact) mass is 407 g/mol. The van der Waals surface area contributed by atoms with Crippen LogP contribution >= 0.6 is 0 Å². The van der Waals surface area contributed by atoms with Gasteiger partial charge < -0.3 is 15.2 Å². The number of aliphatic hydroxyl groups excluding tert-OH is 1. The summed E-state index contributed by atoms with van der Waals surface area (Å²) in [5.41, 5.74) is 4.90. The Morgan fingerprint density at radius 3 is 2.23 bits per heavy atom. The van der Waals surface area contributed by atoms with Gasteiger partial charge in [-0.3, -0.25) is 9.48 Å². The van der Waals surface area contributed by atoms with Gasteiger partial charge in [-0.25, -0.2) is 4.79 Å². The summed E-state index contributed by atoms with van der Waals surface area (Å²) in [5.74, 6) is -1.22. The van der Waals surface area contributed by atoms with Crippen LogP contribution in [0.15, 0.2) is 54.7 Å². The number of ether oxygens (including phenoxy) is 1. The zero-order chi connectivity index (χ0) is 21.7. The fourth-order valence-electron chi connectivity index (χ4n) is 3.03. The summed E-state index contributed by atoms with van der Waals surface area (Å²) in [4.78, 5) is 24.7. The van der Waals surface area contributed by atoms with Gasteiger partial charge in [-0.1, -0.05) is 59.7 Å². The van der Waals surface area contributed by atoms with E-state index in [1.165, 1.54) is 7.11 Å². The average molecular weight is 407 g/mol. The maximum Gasteiger partial charge on any atom is 0.330 e. The molecule has 0 unspecified atom stereocenters. The van der Waals surface area contributed by atoms with Crippen LogP contribution in [-0.2, 0) is 16.1 Å². The minimum atomic E-state index is -1.14. The zero-order valence-corrected chi connectivity index (χ0v) is 17.3. The van der Waals surface area contributed by atoms with E-state index in [-0.39, 0.29) is 0 Å². The molecule has 1 amide bonds. The van der Waals surface area contributed by atoms with Gasteiger partial charge in [-0.2, -0.15) is 5.10 Å². The largest absolute Gasteiger partial charge is 0.467 e. The van der Waals surface area contributed by atoms with Crippen LogP contribution in [0.25, 0.3) is 11.3 Å². The maximum atomic E-state index is 12.9. The minimum absolute atomic E-state index is 0.313. The van der Waals surface area contributed by atoms with E-state index in [1.54, 1.807) is 10.9 Å². The van der Waals surface area contributed by atoms with Crippen molar-refractivity contribution < 1.29 is 19.4 Å². The second kappa shape index (κ2) is 9.37. The van der Waals surface area contributed by atoms with E-state index in [0.717, 1.165) is 22.3 Å². The molecule has 0 aliphatic rings. The summed E-state index contributed by atoms with van der Waals surface area (Å²) >= 11 is 0. The summed E-state index contributed by atoms with van der Waals surface area (Å²) in [6.45, 7) is 3.94.